The SMILES string of the molecule is COc1c(-c2nc3n(c2N)C(C)CCC3)c(C)nn1C. The lowest BCUT2D eigenvalue weighted by Crippen LogP contribution is -2.16. The second-order valence-electron chi connectivity index (χ2n) is 5.47. The number of hydrogen-bond donors (Lipinski definition) is 1. The van der Waals surface area contributed by atoms with Crippen molar-refractivity contribution in [3.63, 3.8) is 0 Å². The van der Waals surface area contributed by atoms with Crippen LogP contribution in [-0.2, 0) is 13.5 Å². The van der Waals surface area contributed by atoms with Crippen LogP contribution >= 0.6 is 0 Å². The Hall–Kier alpha value is -1.98. The van der Waals surface area contributed by atoms with E-state index in [1.807, 2.05) is 14.0 Å². The quantitative estimate of drug-likeness (QED) is 0.911. The van der Waals surface area contributed by atoms with Gasteiger partial charge in [-0.2, -0.15) is 5.10 Å². The van der Waals surface area contributed by atoms with Crippen LogP contribution in [0.4, 0.5) is 5.82 Å². The number of anilines is 1. The maximum absolute atomic E-state index is 6.36. The van der Waals surface area contributed by atoms with Gasteiger partial charge in [0.1, 0.15) is 17.3 Å². The molecule has 3 heterocycles. The van der Waals surface area contributed by atoms with Crippen LogP contribution < -0.4 is 10.5 Å². The summed E-state index contributed by atoms with van der Waals surface area (Å²) in [4.78, 5) is 4.76. The number of nitrogens with two attached hydrogens (primary N) is 1. The summed E-state index contributed by atoms with van der Waals surface area (Å²) in [6.07, 6.45) is 3.30. The zero-order valence-corrected chi connectivity index (χ0v) is 12.5. The summed E-state index contributed by atoms with van der Waals surface area (Å²) in [5.41, 5.74) is 8.95. The third-order valence-corrected chi connectivity index (χ3v) is 4.08. The molecule has 6 nitrogen and oxygen atoms in total. The molecule has 0 bridgehead atoms. The Balaban J connectivity index is 2.21. The molecular formula is C14H21N5O. The molecular weight excluding hydrogens is 254 g/mol. The monoisotopic (exact) mass is 275 g/mol. The third-order valence-electron chi connectivity index (χ3n) is 4.08. The van der Waals surface area contributed by atoms with Gasteiger partial charge >= 0.3 is 0 Å². The minimum absolute atomic E-state index is 0.406. The molecule has 6 heteroatoms. The van der Waals surface area contributed by atoms with Gasteiger partial charge < -0.3 is 15.0 Å². The fourth-order valence-corrected chi connectivity index (χ4v) is 3.17. The third kappa shape index (κ3) is 1.71. The van der Waals surface area contributed by atoms with Gasteiger partial charge in [0.05, 0.1) is 18.4 Å². The first-order valence-corrected chi connectivity index (χ1v) is 6.99. The Morgan fingerprint density at radius 3 is 2.80 bits per heavy atom. The molecule has 1 unspecified atom stereocenters. The highest BCUT2D eigenvalue weighted by atomic mass is 16.5. The van der Waals surface area contributed by atoms with Gasteiger partial charge in [-0.3, -0.25) is 0 Å². The molecule has 1 aliphatic heterocycles. The Labute approximate surface area is 118 Å². The lowest BCUT2D eigenvalue weighted by molar-refractivity contribution is 0.374. The van der Waals surface area contributed by atoms with E-state index >= 15 is 0 Å². The molecule has 20 heavy (non-hydrogen) atoms. The molecule has 2 aromatic heterocycles. The van der Waals surface area contributed by atoms with Gasteiger partial charge in [-0.1, -0.05) is 0 Å². The molecule has 2 aromatic rings. The number of ether oxygens (including phenoxy) is 1. The number of hydrogen-bond acceptors (Lipinski definition) is 4. The van der Waals surface area contributed by atoms with E-state index in [1.54, 1.807) is 11.8 Å². The van der Waals surface area contributed by atoms with E-state index in [1.165, 1.54) is 6.42 Å². The van der Waals surface area contributed by atoms with Crippen LogP contribution in [0, 0.1) is 6.92 Å². The molecule has 2 N–H and O–H groups in total. The van der Waals surface area contributed by atoms with E-state index < -0.39 is 0 Å². The second-order valence-corrected chi connectivity index (χ2v) is 5.47. The minimum atomic E-state index is 0.406. The van der Waals surface area contributed by atoms with Crippen LogP contribution in [0.15, 0.2) is 0 Å². The molecule has 0 spiro atoms. The lowest BCUT2D eigenvalue weighted by Gasteiger charge is -2.22. The predicted molar refractivity (Wildman–Crippen MR) is 77.8 cm³/mol. The molecule has 1 aliphatic rings. The average Bonchev–Trinajstić information content (AvgIpc) is 2.87. The fourth-order valence-electron chi connectivity index (χ4n) is 3.17. The smallest absolute Gasteiger partial charge is 0.221 e. The molecule has 0 aliphatic carbocycles. The minimum Gasteiger partial charge on any atom is -0.481 e. The molecule has 3 rings (SSSR count). The number of fused-ring (bicyclic) bond motifs is 1. The molecule has 0 saturated heterocycles. The van der Waals surface area contributed by atoms with Crippen molar-refractivity contribution in [2.75, 3.05) is 12.8 Å². The van der Waals surface area contributed by atoms with Crippen LogP contribution in [-0.4, -0.2) is 26.4 Å². The summed E-state index contributed by atoms with van der Waals surface area (Å²) in [6, 6.07) is 0.406. The van der Waals surface area contributed by atoms with Gasteiger partial charge in [0, 0.05) is 19.5 Å². The summed E-state index contributed by atoms with van der Waals surface area (Å²) < 4.78 is 9.35. The van der Waals surface area contributed by atoms with Gasteiger partial charge in [-0.15, -0.1) is 0 Å². The Morgan fingerprint density at radius 1 is 1.40 bits per heavy atom. The first kappa shape index (κ1) is 13.0. The van der Waals surface area contributed by atoms with Crippen molar-refractivity contribution >= 4 is 5.82 Å². The highest BCUT2D eigenvalue weighted by Crippen LogP contribution is 2.39. The van der Waals surface area contributed by atoms with E-state index in [4.69, 9.17) is 15.5 Å². The first-order chi connectivity index (χ1) is 9.54. The number of aryl methyl sites for hydroxylation is 3. The van der Waals surface area contributed by atoms with E-state index in [0.29, 0.717) is 11.9 Å². The number of methoxy groups -OCH3 is 1. The Bertz CT molecular complexity index is 655. The normalized spacial score (nSPS) is 18.1. The van der Waals surface area contributed by atoms with Crippen LogP contribution in [0.25, 0.3) is 11.3 Å². The topological polar surface area (TPSA) is 70.9 Å². The average molecular weight is 275 g/mol. The zero-order valence-electron chi connectivity index (χ0n) is 12.5. The maximum Gasteiger partial charge on any atom is 0.221 e. The lowest BCUT2D eigenvalue weighted by atomic mass is 10.1. The van der Waals surface area contributed by atoms with Crippen molar-refractivity contribution in [3.8, 4) is 17.1 Å². The Kier molecular flexibility index (Phi) is 2.96. The molecule has 1 atom stereocenters. The van der Waals surface area contributed by atoms with E-state index in [-0.39, 0.29) is 0 Å². The van der Waals surface area contributed by atoms with Crippen molar-refractivity contribution in [1.29, 1.82) is 0 Å². The number of nitrogen functional groups attached to an aromatic ring is 1. The Morgan fingerprint density at radius 2 is 2.15 bits per heavy atom. The number of nitrogens with zero attached hydrogens (tertiary/aromatic N) is 4. The summed E-state index contributed by atoms with van der Waals surface area (Å²) in [5, 5.41) is 4.41. The van der Waals surface area contributed by atoms with Crippen LogP contribution in [0.2, 0.25) is 0 Å². The highest BCUT2D eigenvalue weighted by Gasteiger charge is 2.27. The van der Waals surface area contributed by atoms with Gasteiger partial charge in [0.25, 0.3) is 0 Å². The predicted octanol–water partition coefficient (Wildman–Crippen LogP) is 2.08. The standard InChI is InChI=1S/C14H21N5O/c1-8-6-5-7-10-16-12(13(15)19(8)10)11-9(2)17-18(3)14(11)20-4/h8H,5-7,15H2,1-4H3. The molecule has 108 valence electrons. The van der Waals surface area contributed by atoms with Gasteiger partial charge in [-0.25, -0.2) is 9.67 Å². The largest absolute Gasteiger partial charge is 0.481 e. The zero-order chi connectivity index (χ0) is 14.4. The van der Waals surface area contributed by atoms with Gasteiger partial charge in [0.15, 0.2) is 0 Å². The second kappa shape index (κ2) is 4.54. The van der Waals surface area contributed by atoms with Crippen LogP contribution in [0.5, 0.6) is 5.88 Å². The maximum atomic E-state index is 6.36. The number of aromatic nitrogens is 4. The van der Waals surface area contributed by atoms with E-state index in [9.17, 15) is 0 Å². The first-order valence-electron chi connectivity index (χ1n) is 6.99. The van der Waals surface area contributed by atoms with E-state index in [2.05, 4.69) is 16.6 Å². The number of rotatable bonds is 2. The van der Waals surface area contributed by atoms with Gasteiger partial charge in [-0.05, 0) is 26.7 Å². The van der Waals surface area contributed by atoms with Gasteiger partial charge in [0.2, 0.25) is 5.88 Å². The fraction of sp³-hybridized carbons (Fsp3) is 0.571. The summed E-state index contributed by atoms with van der Waals surface area (Å²) in [7, 11) is 3.51. The molecule has 0 aromatic carbocycles. The van der Waals surface area contributed by atoms with E-state index in [0.717, 1.165) is 41.4 Å². The summed E-state index contributed by atoms with van der Waals surface area (Å²) in [6.45, 7) is 4.15. The summed E-state index contributed by atoms with van der Waals surface area (Å²) >= 11 is 0. The molecule has 0 radical (unpaired) electrons. The molecule has 0 saturated carbocycles. The van der Waals surface area contributed by atoms with Crippen LogP contribution in [0.3, 0.4) is 0 Å². The van der Waals surface area contributed by atoms with Crippen LogP contribution in [0.1, 0.15) is 37.3 Å². The summed E-state index contributed by atoms with van der Waals surface area (Å²) in [5.74, 6) is 2.50. The van der Waals surface area contributed by atoms with Crippen molar-refractivity contribution in [2.45, 2.75) is 39.2 Å². The number of imidazole rings is 1. The highest BCUT2D eigenvalue weighted by molar-refractivity contribution is 5.77. The van der Waals surface area contributed by atoms with Crippen molar-refractivity contribution < 1.29 is 4.74 Å². The molecule has 0 fully saturated rings. The molecule has 0 amide bonds. The van der Waals surface area contributed by atoms with Crippen molar-refractivity contribution in [2.24, 2.45) is 7.05 Å². The van der Waals surface area contributed by atoms with Crippen molar-refractivity contribution in [3.05, 3.63) is 11.5 Å². The van der Waals surface area contributed by atoms with Crippen molar-refractivity contribution in [1.82, 2.24) is 19.3 Å².